The molecular formula is C21H34F3N3O7P+. The maximum absolute atomic E-state index is 11.9. The molecule has 0 atom stereocenters. The molecule has 0 fully saturated rings. The van der Waals surface area contributed by atoms with E-state index < -0.39 is 19.3 Å². The summed E-state index contributed by atoms with van der Waals surface area (Å²) in [6, 6.07) is 5.89. The zero-order chi connectivity index (χ0) is 26.6. The first-order valence-corrected chi connectivity index (χ1v) is 13.6. The lowest BCUT2D eigenvalue weighted by molar-refractivity contribution is -0.681. The minimum Gasteiger partial charge on any atom is -0.486 e. The van der Waals surface area contributed by atoms with E-state index in [1.807, 2.05) is 18.2 Å². The summed E-state index contributed by atoms with van der Waals surface area (Å²) < 4.78 is 64.6. The van der Waals surface area contributed by atoms with Gasteiger partial charge in [0.25, 0.3) is 5.82 Å². The Hall–Kier alpha value is -2.18. The number of rotatable bonds is 13. The van der Waals surface area contributed by atoms with Gasteiger partial charge in [-0.3, -0.25) is 0 Å². The number of aromatic nitrogens is 2. The van der Waals surface area contributed by atoms with Crippen LogP contribution in [0.15, 0.2) is 18.2 Å². The number of benzene rings is 1. The summed E-state index contributed by atoms with van der Waals surface area (Å²) in [6.07, 6.45) is -4.86. The largest absolute Gasteiger partial charge is 0.490 e. The number of ether oxygens (including phenoxy) is 3. The Morgan fingerprint density at radius 2 is 1.77 bits per heavy atom. The van der Waals surface area contributed by atoms with E-state index in [1.165, 1.54) is 0 Å². The molecule has 1 aromatic heterocycles. The Balaban J connectivity index is 0.000000762. The number of imidazole rings is 1. The van der Waals surface area contributed by atoms with Crippen LogP contribution >= 0.6 is 7.14 Å². The van der Waals surface area contributed by atoms with Crippen molar-refractivity contribution in [2.45, 2.75) is 32.7 Å². The summed E-state index contributed by atoms with van der Waals surface area (Å²) in [4.78, 5) is 8.90. The second-order valence-corrected chi connectivity index (χ2v) is 11.2. The van der Waals surface area contributed by atoms with Gasteiger partial charge in [0, 0.05) is 6.07 Å². The number of halogens is 3. The monoisotopic (exact) mass is 528 g/mol. The van der Waals surface area contributed by atoms with Crippen LogP contribution in [-0.4, -0.2) is 79.6 Å². The minimum absolute atomic E-state index is 0.0198. The Labute approximate surface area is 201 Å². The predicted octanol–water partition coefficient (Wildman–Crippen LogP) is 2.03. The molecule has 2 aromatic rings. The number of aliphatic hydroxyl groups excluding tert-OH is 1. The quantitative estimate of drug-likeness (QED) is 0.204. The fraction of sp³-hybridized carbons (Fsp3) is 0.619. The highest BCUT2D eigenvalue weighted by Gasteiger charge is 2.38. The van der Waals surface area contributed by atoms with Crippen molar-refractivity contribution in [3.8, 4) is 5.75 Å². The van der Waals surface area contributed by atoms with Gasteiger partial charge < -0.3 is 34.7 Å². The van der Waals surface area contributed by atoms with Crippen LogP contribution < -0.4 is 15.0 Å². The van der Waals surface area contributed by atoms with Crippen LogP contribution in [0.2, 0.25) is 0 Å². The molecule has 2 rings (SSSR count). The third-order valence-corrected chi connectivity index (χ3v) is 5.25. The van der Waals surface area contributed by atoms with E-state index in [2.05, 4.69) is 16.1 Å². The molecule has 0 radical (unpaired) electrons. The first kappa shape index (κ1) is 30.9. The second-order valence-electron chi connectivity index (χ2n) is 7.77. The van der Waals surface area contributed by atoms with Crippen LogP contribution in [0.25, 0.3) is 11.0 Å². The topological polar surface area (TPSA) is 137 Å². The maximum atomic E-state index is 11.9. The van der Waals surface area contributed by atoms with Crippen molar-refractivity contribution >= 4 is 24.1 Å². The van der Waals surface area contributed by atoms with E-state index in [-0.39, 0.29) is 13.0 Å². The molecule has 1 aromatic carbocycles. The Morgan fingerprint density at radius 3 is 2.26 bits per heavy atom. The first-order valence-electron chi connectivity index (χ1n) is 10.8. The normalized spacial score (nSPS) is 11.9. The van der Waals surface area contributed by atoms with Crippen molar-refractivity contribution in [2.24, 2.45) is 5.73 Å². The van der Waals surface area contributed by atoms with Gasteiger partial charge in [0.15, 0.2) is 11.0 Å². The van der Waals surface area contributed by atoms with E-state index in [0.717, 1.165) is 23.4 Å². The van der Waals surface area contributed by atoms with E-state index >= 15 is 0 Å². The Kier molecular flexibility index (Phi) is 12.7. The zero-order valence-electron chi connectivity index (χ0n) is 20.1. The second kappa shape index (κ2) is 14.4. The fourth-order valence-electron chi connectivity index (χ4n) is 3.06. The third kappa shape index (κ3) is 10.5. The molecule has 0 unspecified atom stereocenters. The molecule has 4 N–H and O–H groups in total. The van der Waals surface area contributed by atoms with Crippen molar-refractivity contribution in [2.75, 3.05) is 52.7 Å². The maximum Gasteiger partial charge on any atom is 0.490 e. The summed E-state index contributed by atoms with van der Waals surface area (Å²) in [7, 11) is -2.24. The van der Waals surface area contributed by atoms with Gasteiger partial charge in [0.05, 0.1) is 46.1 Å². The molecule has 0 spiro atoms. The summed E-state index contributed by atoms with van der Waals surface area (Å²) in [5.74, 6) is -1.03. The Bertz CT molecular complexity index is 993. The van der Waals surface area contributed by atoms with Crippen molar-refractivity contribution in [1.82, 2.24) is 4.57 Å². The molecule has 1 heterocycles. The molecule has 14 heteroatoms. The number of nitrogens with zero attached hydrogens (tertiary/aromatic N) is 2. The minimum atomic E-state index is -5.08. The average molecular weight is 528 g/mol. The van der Waals surface area contributed by atoms with E-state index in [4.69, 9.17) is 35.0 Å². The number of alkyl halides is 3. The molecule has 0 aliphatic rings. The molecule has 0 aliphatic heterocycles. The van der Waals surface area contributed by atoms with Gasteiger partial charge in [-0.25, -0.2) is 13.9 Å². The van der Waals surface area contributed by atoms with E-state index in [0.29, 0.717) is 45.3 Å². The van der Waals surface area contributed by atoms with Crippen LogP contribution in [0.5, 0.6) is 5.75 Å². The lowest BCUT2D eigenvalue weighted by Crippen LogP contribution is -2.41. The standard InChI is InChI=1S/C19H33N3O5P.C2HF3O2/c1-4-21-18-13-16(27-15-28(2,3)24)5-6-17(18)22(19(21)14-20)7-9-25-11-12-26-10-8-23;3-2(4,5)1(6)7/h5-6,13,23H,4,7-12,14-15,20H2,1-3H3;(H,6,7)/q+1;. The van der Waals surface area contributed by atoms with Crippen molar-refractivity contribution in [1.29, 1.82) is 0 Å². The van der Waals surface area contributed by atoms with Gasteiger partial charge in [0.1, 0.15) is 25.8 Å². The SMILES string of the molecule is CCn1c(CN)[n+](CCOCCOCCO)c2ccc(OCP(C)(C)=O)cc21.O=C(O)C(F)(F)F. The number of aliphatic hydroxyl groups is 1. The molecule has 200 valence electrons. The van der Waals surface area contributed by atoms with Crippen LogP contribution in [0.4, 0.5) is 13.2 Å². The number of carboxylic acid groups (broad SMARTS) is 1. The van der Waals surface area contributed by atoms with Crippen LogP contribution in [0, 0.1) is 0 Å². The van der Waals surface area contributed by atoms with Gasteiger partial charge in [-0.1, -0.05) is 0 Å². The van der Waals surface area contributed by atoms with Crippen molar-refractivity contribution in [3.63, 3.8) is 0 Å². The molecule has 10 nitrogen and oxygen atoms in total. The summed E-state index contributed by atoms with van der Waals surface area (Å²) >= 11 is 0. The number of aryl methyl sites for hydroxylation is 1. The summed E-state index contributed by atoms with van der Waals surface area (Å²) in [5.41, 5.74) is 8.13. The Morgan fingerprint density at radius 1 is 1.17 bits per heavy atom. The summed E-state index contributed by atoms with van der Waals surface area (Å²) in [5, 5.41) is 15.8. The highest BCUT2D eigenvalue weighted by Crippen LogP contribution is 2.36. The van der Waals surface area contributed by atoms with Crippen molar-refractivity contribution < 1.29 is 51.5 Å². The first-order chi connectivity index (χ1) is 16.4. The molecule has 35 heavy (non-hydrogen) atoms. The van der Waals surface area contributed by atoms with Crippen LogP contribution in [0.3, 0.4) is 0 Å². The van der Waals surface area contributed by atoms with Crippen LogP contribution in [-0.2, 0) is 38.5 Å². The summed E-state index contributed by atoms with van der Waals surface area (Å²) in [6.45, 7) is 9.23. The molecule has 0 aliphatic carbocycles. The van der Waals surface area contributed by atoms with E-state index in [9.17, 15) is 17.7 Å². The number of carbonyl (C=O) groups is 1. The van der Waals surface area contributed by atoms with Crippen molar-refractivity contribution in [3.05, 3.63) is 24.0 Å². The highest BCUT2D eigenvalue weighted by molar-refractivity contribution is 7.62. The average Bonchev–Trinajstić information content (AvgIpc) is 3.08. The predicted molar refractivity (Wildman–Crippen MR) is 123 cm³/mol. The number of hydrogen-bond donors (Lipinski definition) is 3. The van der Waals surface area contributed by atoms with Gasteiger partial charge >= 0.3 is 12.1 Å². The van der Waals surface area contributed by atoms with Gasteiger partial charge in [-0.05, 0) is 32.4 Å². The highest BCUT2D eigenvalue weighted by atomic mass is 31.2. The van der Waals surface area contributed by atoms with Gasteiger partial charge in [0.2, 0.25) is 0 Å². The number of nitrogens with two attached hydrogens (primary N) is 1. The fourth-order valence-corrected chi connectivity index (χ4v) is 3.52. The number of carboxylic acids is 1. The smallest absolute Gasteiger partial charge is 0.486 e. The molecular weight excluding hydrogens is 494 g/mol. The van der Waals surface area contributed by atoms with Crippen LogP contribution in [0.1, 0.15) is 12.7 Å². The number of hydrogen-bond acceptors (Lipinski definition) is 7. The number of fused-ring (bicyclic) bond motifs is 1. The molecule has 0 amide bonds. The molecule has 0 bridgehead atoms. The lowest BCUT2D eigenvalue weighted by Gasteiger charge is -2.09. The lowest BCUT2D eigenvalue weighted by atomic mass is 10.3. The third-order valence-electron chi connectivity index (χ3n) is 4.50. The zero-order valence-corrected chi connectivity index (χ0v) is 21.0. The molecule has 0 saturated carbocycles. The van der Waals surface area contributed by atoms with Gasteiger partial charge in [-0.15, -0.1) is 0 Å². The number of aliphatic carboxylic acids is 1. The van der Waals surface area contributed by atoms with Gasteiger partial charge in [-0.2, -0.15) is 13.2 Å². The van der Waals surface area contributed by atoms with E-state index in [1.54, 1.807) is 13.3 Å². The molecule has 0 saturated heterocycles.